The topological polar surface area (TPSA) is 49.4 Å². The predicted molar refractivity (Wildman–Crippen MR) is 126 cm³/mol. The predicted octanol–water partition coefficient (Wildman–Crippen LogP) is 5.73. The van der Waals surface area contributed by atoms with Gasteiger partial charge in [-0.15, -0.1) is 11.8 Å². The number of nitrogens with one attached hydrogen (secondary N) is 1. The highest BCUT2D eigenvalue weighted by atomic mass is 35.5. The molecule has 0 aliphatic rings. The molecule has 0 aliphatic carbocycles. The van der Waals surface area contributed by atoms with Crippen molar-refractivity contribution in [3.63, 3.8) is 0 Å². The molecule has 0 unspecified atom stereocenters. The van der Waals surface area contributed by atoms with Gasteiger partial charge in [0.05, 0.1) is 5.75 Å². The number of nitrogens with zero attached hydrogens (tertiary/aromatic N) is 1. The molecule has 30 heavy (non-hydrogen) atoms. The van der Waals surface area contributed by atoms with E-state index in [4.69, 9.17) is 23.2 Å². The Morgan fingerprint density at radius 2 is 1.77 bits per heavy atom. The minimum absolute atomic E-state index is 0.0398. The van der Waals surface area contributed by atoms with E-state index in [9.17, 15) is 9.59 Å². The van der Waals surface area contributed by atoms with Crippen LogP contribution in [-0.4, -0.2) is 34.6 Å². The van der Waals surface area contributed by atoms with Gasteiger partial charge >= 0.3 is 0 Å². The number of aryl methyl sites for hydroxylation is 1. The number of hydrogen-bond donors (Lipinski definition) is 1. The summed E-state index contributed by atoms with van der Waals surface area (Å²) in [6.07, 6.45) is 0.818. The number of carbonyl (C=O) groups excluding carboxylic acids is 2. The molecule has 1 N–H and O–H groups in total. The summed E-state index contributed by atoms with van der Waals surface area (Å²) < 4.78 is 0. The summed E-state index contributed by atoms with van der Waals surface area (Å²) in [7, 11) is 0. The minimum atomic E-state index is -0.628. The maximum atomic E-state index is 13.1. The van der Waals surface area contributed by atoms with Crippen molar-refractivity contribution in [3.05, 3.63) is 63.6 Å². The molecule has 4 nitrogen and oxygen atoms in total. The summed E-state index contributed by atoms with van der Waals surface area (Å²) in [5.74, 6) is -0.0728. The largest absolute Gasteiger partial charge is 0.352 e. The number of carbonyl (C=O) groups is 2. The van der Waals surface area contributed by atoms with Crippen LogP contribution in [0.5, 0.6) is 0 Å². The van der Waals surface area contributed by atoms with Crippen molar-refractivity contribution in [3.8, 4) is 0 Å². The average Bonchev–Trinajstić information content (AvgIpc) is 2.72. The zero-order valence-electron chi connectivity index (χ0n) is 17.7. The lowest BCUT2D eigenvalue weighted by Gasteiger charge is -2.30. The zero-order valence-corrected chi connectivity index (χ0v) is 20.1. The number of halogens is 2. The van der Waals surface area contributed by atoms with Gasteiger partial charge in [-0.25, -0.2) is 0 Å². The van der Waals surface area contributed by atoms with Gasteiger partial charge in [-0.3, -0.25) is 9.59 Å². The Kier molecular flexibility index (Phi) is 9.53. The normalized spacial score (nSPS) is 12.9. The molecule has 0 saturated heterocycles. The lowest BCUT2D eigenvalue weighted by Crippen LogP contribution is -2.50. The van der Waals surface area contributed by atoms with E-state index < -0.39 is 6.04 Å². The maximum Gasteiger partial charge on any atom is 0.242 e. The third-order valence-electron chi connectivity index (χ3n) is 4.91. The third-order valence-corrected chi connectivity index (χ3v) is 6.49. The van der Waals surface area contributed by atoms with Crippen LogP contribution in [-0.2, 0) is 16.1 Å². The molecule has 7 heteroatoms. The fraction of sp³-hybridized carbons (Fsp3) is 0.391. The van der Waals surface area contributed by atoms with Gasteiger partial charge < -0.3 is 10.2 Å². The highest BCUT2D eigenvalue weighted by Crippen LogP contribution is 2.25. The Bertz CT molecular complexity index is 874. The van der Waals surface area contributed by atoms with Crippen molar-refractivity contribution in [2.45, 2.75) is 57.6 Å². The summed E-state index contributed by atoms with van der Waals surface area (Å²) in [5.41, 5.74) is 1.91. The molecule has 2 amide bonds. The number of hydrogen-bond acceptors (Lipinski definition) is 3. The molecule has 2 atom stereocenters. The second kappa shape index (κ2) is 11.6. The summed E-state index contributed by atoms with van der Waals surface area (Å²) in [5, 5.41) is 3.96. The number of amides is 2. The molecule has 2 aromatic rings. The van der Waals surface area contributed by atoms with E-state index in [-0.39, 0.29) is 30.2 Å². The van der Waals surface area contributed by atoms with Crippen LogP contribution in [0.25, 0.3) is 0 Å². The summed E-state index contributed by atoms with van der Waals surface area (Å²) in [6, 6.07) is 12.6. The van der Waals surface area contributed by atoms with Gasteiger partial charge in [-0.05, 0) is 57.0 Å². The van der Waals surface area contributed by atoms with E-state index in [1.165, 1.54) is 17.3 Å². The lowest BCUT2D eigenvalue weighted by atomic mass is 10.1. The first-order valence-corrected chi connectivity index (χ1v) is 11.7. The quantitative estimate of drug-likeness (QED) is 0.480. The van der Waals surface area contributed by atoms with Crippen molar-refractivity contribution < 1.29 is 9.59 Å². The molecular weight excluding hydrogens is 439 g/mol. The molecule has 2 aromatic carbocycles. The van der Waals surface area contributed by atoms with Gasteiger partial charge in [-0.1, -0.05) is 53.9 Å². The van der Waals surface area contributed by atoms with E-state index in [1.54, 1.807) is 30.0 Å². The molecule has 0 spiro atoms. The average molecular weight is 467 g/mol. The van der Waals surface area contributed by atoms with Crippen molar-refractivity contribution >= 4 is 46.8 Å². The van der Waals surface area contributed by atoms with Gasteiger partial charge in [0, 0.05) is 27.5 Å². The molecule has 0 heterocycles. The van der Waals surface area contributed by atoms with Crippen LogP contribution < -0.4 is 5.32 Å². The second-order valence-corrected chi connectivity index (χ2v) is 9.25. The number of benzene rings is 2. The van der Waals surface area contributed by atoms with Crippen LogP contribution in [0.1, 0.15) is 38.3 Å². The number of rotatable bonds is 9. The van der Waals surface area contributed by atoms with Gasteiger partial charge in [0.25, 0.3) is 0 Å². The van der Waals surface area contributed by atoms with E-state index in [0.29, 0.717) is 10.0 Å². The van der Waals surface area contributed by atoms with Crippen LogP contribution in [0.4, 0.5) is 0 Å². The molecule has 0 saturated carbocycles. The van der Waals surface area contributed by atoms with Gasteiger partial charge in [0.15, 0.2) is 0 Å². The van der Waals surface area contributed by atoms with Crippen LogP contribution in [0.15, 0.2) is 47.4 Å². The fourth-order valence-electron chi connectivity index (χ4n) is 2.74. The molecule has 0 bridgehead atoms. The molecule has 0 aromatic heterocycles. The molecule has 0 radical (unpaired) electrons. The molecule has 162 valence electrons. The van der Waals surface area contributed by atoms with E-state index in [2.05, 4.69) is 5.32 Å². The van der Waals surface area contributed by atoms with Crippen molar-refractivity contribution in [2.75, 3.05) is 5.75 Å². The lowest BCUT2D eigenvalue weighted by molar-refractivity contribution is -0.138. The van der Waals surface area contributed by atoms with E-state index in [0.717, 1.165) is 16.9 Å². The van der Waals surface area contributed by atoms with Crippen molar-refractivity contribution in [1.82, 2.24) is 10.2 Å². The Morgan fingerprint density at radius 3 is 2.37 bits per heavy atom. The molecule has 0 fully saturated rings. The van der Waals surface area contributed by atoms with Gasteiger partial charge in [0.1, 0.15) is 6.04 Å². The van der Waals surface area contributed by atoms with E-state index >= 15 is 0 Å². The Hall–Kier alpha value is -1.69. The first kappa shape index (κ1) is 24.6. The monoisotopic (exact) mass is 466 g/mol. The highest BCUT2D eigenvalue weighted by molar-refractivity contribution is 8.00. The first-order valence-electron chi connectivity index (χ1n) is 9.94. The zero-order chi connectivity index (χ0) is 22.3. The molecule has 0 aliphatic heterocycles. The Morgan fingerprint density at radius 1 is 1.10 bits per heavy atom. The van der Waals surface area contributed by atoms with Crippen molar-refractivity contribution in [2.24, 2.45) is 0 Å². The van der Waals surface area contributed by atoms with Crippen molar-refractivity contribution in [1.29, 1.82) is 0 Å². The fourth-order valence-corrected chi connectivity index (χ4v) is 4.00. The molecular formula is C23H28Cl2N2O2S. The SMILES string of the molecule is CC[C@@H](C)NC(=O)[C@H](C)N(Cc1ccc(Cl)cc1Cl)C(=O)CSc1ccc(C)cc1. The van der Waals surface area contributed by atoms with Crippen LogP contribution in [0, 0.1) is 6.92 Å². The Balaban J connectivity index is 2.18. The van der Waals surface area contributed by atoms with Gasteiger partial charge in [0.2, 0.25) is 11.8 Å². The second-order valence-electron chi connectivity index (χ2n) is 7.35. The smallest absolute Gasteiger partial charge is 0.242 e. The molecule has 2 rings (SSSR count). The van der Waals surface area contributed by atoms with Gasteiger partial charge in [-0.2, -0.15) is 0 Å². The third kappa shape index (κ3) is 7.22. The van der Waals surface area contributed by atoms with Crippen LogP contribution in [0.2, 0.25) is 10.0 Å². The Labute approximate surface area is 193 Å². The summed E-state index contributed by atoms with van der Waals surface area (Å²) in [4.78, 5) is 28.4. The van der Waals surface area contributed by atoms with Crippen LogP contribution in [0.3, 0.4) is 0 Å². The number of thioether (sulfide) groups is 1. The van der Waals surface area contributed by atoms with Crippen LogP contribution >= 0.6 is 35.0 Å². The maximum absolute atomic E-state index is 13.1. The minimum Gasteiger partial charge on any atom is -0.352 e. The van der Waals surface area contributed by atoms with E-state index in [1.807, 2.05) is 45.0 Å². The first-order chi connectivity index (χ1) is 14.2. The summed E-state index contributed by atoms with van der Waals surface area (Å²) >= 11 is 13.8. The summed E-state index contributed by atoms with van der Waals surface area (Å²) in [6.45, 7) is 7.95. The standard InChI is InChI=1S/C23H28Cl2N2O2S/c1-5-16(3)26-23(29)17(4)27(13-18-8-9-19(24)12-21(18)25)22(28)14-30-20-10-6-15(2)7-11-20/h6-12,16-17H,5,13-14H2,1-4H3,(H,26,29)/t16-,17+/m1/s1. The highest BCUT2D eigenvalue weighted by Gasteiger charge is 2.27.